The Morgan fingerprint density at radius 2 is 1.95 bits per heavy atom. The van der Waals surface area contributed by atoms with Gasteiger partial charge in [-0.05, 0) is 36.8 Å². The van der Waals surface area contributed by atoms with Gasteiger partial charge >= 0.3 is 5.63 Å². The Kier molecular flexibility index (Phi) is 3.39. The zero-order valence-corrected chi connectivity index (χ0v) is 11.8. The van der Waals surface area contributed by atoms with Gasteiger partial charge in [0, 0.05) is 29.3 Å². The summed E-state index contributed by atoms with van der Waals surface area (Å²) in [6, 6.07) is 11.3. The third-order valence-electron chi connectivity index (χ3n) is 3.33. The quantitative estimate of drug-likeness (QED) is 0.432. The molecule has 0 saturated carbocycles. The Bertz CT molecular complexity index is 941. The summed E-state index contributed by atoms with van der Waals surface area (Å²) in [6.07, 6.45) is 1.43. The second-order valence-corrected chi connectivity index (χ2v) is 4.90. The largest absolute Gasteiger partial charge is 0.504 e. The van der Waals surface area contributed by atoms with E-state index in [1.807, 2.05) is 13.0 Å². The molecule has 0 atom stereocenters. The highest BCUT2D eigenvalue weighted by Crippen LogP contribution is 2.28. The van der Waals surface area contributed by atoms with E-state index in [0.29, 0.717) is 16.8 Å². The molecule has 2 aromatic carbocycles. The molecule has 0 radical (unpaired) electrons. The van der Waals surface area contributed by atoms with Crippen LogP contribution in [0.25, 0.3) is 11.0 Å². The number of para-hydroxylation sites is 1. The van der Waals surface area contributed by atoms with Crippen molar-refractivity contribution in [3.63, 3.8) is 0 Å². The molecule has 3 aromatic rings. The molecule has 0 unspecified atom stereocenters. The van der Waals surface area contributed by atoms with Crippen LogP contribution < -0.4 is 5.63 Å². The van der Waals surface area contributed by atoms with Crippen molar-refractivity contribution in [3.05, 3.63) is 64.0 Å². The minimum absolute atomic E-state index is 0.205. The normalized spacial score (nSPS) is 11.3. The van der Waals surface area contributed by atoms with Gasteiger partial charge in [-0.2, -0.15) is 0 Å². The summed E-state index contributed by atoms with van der Waals surface area (Å²) in [4.78, 5) is 15.6. The monoisotopic (exact) mass is 295 g/mol. The zero-order chi connectivity index (χ0) is 15.7. The second-order valence-electron chi connectivity index (χ2n) is 4.90. The predicted molar refractivity (Wildman–Crippen MR) is 84.2 cm³/mol. The molecule has 1 aromatic heterocycles. The first-order valence-corrected chi connectivity index (χ1v) is 6.64. The number of fused-ring (bicyclic) bond motifs is 1. The average molecular weight is 295 g/mol. The summed E-state index contributed by atoms with van der Waals surface area (Å²) in [5.74, 6) is -0.432. The smallest absolute Gasteiger partial charge is 0.336 e. The Balaban J connectivity index is 2.02. The van der Waals surface area contributed by atoms with Gasteiger partial charge in [-0.25, -0.2) is 4.79 Å². The molecule has 110 valence electrons. The molecule has 2 N–H and O–H groups in total. The maximum absolute atomic E-state index is 11.4. The van der Waals surface area contributed by atoms with E-state index in [9.17, 15) is 15.0 Å². The van der Waals surface area contributed by atoms with Crippen LogP contribution in [0.15, 0.2) is 56.7 Å². The Morgan fingerprint density at radius 3 is 2.77 bits per heavy atom. The number of hydrogen-bond acceptors (Lipinski definition) is 5. The molecule has 0 aliphatic rings. The third-order valence-corrected chi connectivity index (χ3v) is 3.33. The van der Waals surface area contributed by atoms with E-state index in [1.165, 1.54) is 18.3 Å². The maximum Gasteiger partial charge on any atom is 0.336 e. The molecule has 3 rings (SSSR count). The number of aliphatic imine (C=N–C) groups is 1. The van der Waals surface area contributed by atoms with Crippen molar-refractivity contribution in [1.29, 1.82) is 0 Å². The lowest BCUT2D eigenvalue weighted by atomic mass is 10.1. The zero-order valence-electron chi connectivity index (χ0n) is 11.8. The van der Waals surface area contributed by atoms with Crippen molar-refractivity contribution in [1.82, 2.24) is 0 Å². The number of aryl methyl sites for hydroxylation is 1. The minimum atomic E-state index is -0.406. The number of aromatic hydroxyl groups is 2. The first kappa shape index (κ1) is 13.9. The highest BCUT2D eigenvalue weighted by Gasteiger charge is 2.04. The van der Waals surface area contributed by atoms with Crippen LogP contribution in [0.1, 0.15) is 11.1 Å². The summed E-state index contributed by atoms with van der Waals surface area (Å²) < 4.78 is 5.16. The van der Waals surface area contributed by atoms with Crippen LogP contribution in [-0.2, 0) is 0 Å². The number of rotatable bonds is 2. The van der Waals surface area contributed by atoms with Crippen LogP contribution in [0.2, 0.25) is 0 Å². The molecule has 0 saturated heterocycles. The van der Waals surface area contributed by atoms with Crippen LogP contribution in [0.4, 0.5) is 5.69 Å². The summed E-state index contributed by atoms with van der Waals surface area (Å²) in [6.45, 7) is 1.84. The molecule has 1 heterocycles. The Hall–Kier alpha value is -3.08. The number of phenolic OH excluding ortho intramolecular Hbond substituents is 2. The number of benzene rings is 2. The molecule has 0 amide bonds. The van der Waals surface area contributed by atoms with E-state index in [-0.39, 0.29) is 11.5 Å². The minimum Gasteiger partial charge on any atom is -0.504 e. The summed E-state index contributed by atoms with van der Waals surface area (Å²) in [7, 11) is 0. The molecular weight excluding hydrogens is 282 g/mol. The van der Waals surface area contributed by atoms with E-state index >= 15 is 0 Å². The number of nitrogens with zero attached hydrogens (tertiary/aromatic N) is 1. The molecule has 0 bridgehead atoms. The van der Waals surface area contributed by atoms with Crippen molar-refractivity contribution in [2.45, 2.75) is 6.92 Å². The molecule has 0 spiro atoms. The van der Waals surface area contributed by atoms with Crippen LogP contribution in [0.3, 0.4) is 0 Å². The van der Waals surface area contributed by atoms with Crippen molar-refractivity contribution in [2.24, 2.45) is 4.99 Å². The van der Waals surface area contributed by atoms with Crippen LogP contribution in [-0.4, -0.2) is 16.4 Å². The van der Waals surface area contributed by atoms with Crippen molar-refractivity contribution in [3.8, 4) is 11.5 Å². The molecule has 5 heteroatoms. The summed E-state index contributed by atoms with van der Waals surface area (Å²) in [5, 5.41) is 20.0. The SMILES string of the molecule is Cc1cc(=O)oc2cc(N=Cc3cccc(O)c3O)ccc12. The topological polar surface area (TPSA) is 83.0 Å². The first-order chi connectivity index (χ1) is 10.5. The number of phenols is 2. The fourth-order valence-corrected chi connectivity index (χ4v) is 2.19. The van der Waals surface area contributed by atoms with Crippen molar-refractivity contribution in [2.75, 3.05) is 0 Å². The van der Waals surface area contributed by atoms with E-state index in [2.05, 4.69) is 4.99 Å². The predicted octanol–water partition coefficient (Wildman–Crippen LogP) is 3.26. The second kappa shape index (κ2) is 5.37. The van der Waals surface area contributed by atoms with Crippen molar-refractivity contribution >= 4 is 22.9 Å². The third kappa shape index (κ3) is 2.56. The molecular formula is C17H13NO4. The summed E-state index contributed by atoms with van der Waals surface area (Å²) in [5.41, 5.74) is 1.86. The van der Waals surface area contributed by atoms with Gasteiger partial charge in [0.05, 0.1) is 5.69 Å². The fourth-order valence-electron chi connectivity index (χ4n) is 2.19. The van der Waals surface area contributed by atoms with Gasteiger partial charge < -0.3 is 14.6 Å². The summed E-state index contributed by atoms with van der Waals surface area (Å²) >= 11 is 0. The van der Waals surface area contributed by atoms with E-state index < -0.39 is 5.63 Å². The lowest BCUT2D eigenvalue weighted by molar-refractivity contribution is 0.403. The van der Waals surface area contributed by atoms with Gasteiger partial charge in [-0.3, -0.25) is 4.99 Å². The highest BCUT2D eigenvalue weighted by atomic mass is 16.4. The molecule has 22 heavy (non-hydrogen) atoms. The van der Waals surface area contributed by atoms with Crippen LogP contribution in [0.5, 0.6) is 11.5 Å². The van der Waals surface area contributed by atoms with Crippen LogP contribution in [0, 0.1) is 6.92 Å². The van der Waals surface area contributed by atoms with E-state index in [4.69, 9.17) is 4.42 Å². The fraction of sp³-hybridized carbons (Fsp3) is 0.0588. The number of hydrogen-bond donors (Lipinski definition) is 2. The highest BCUT2D eigenvalue weighted by molar-refractivity contribution is 5.88. The van der Waals surface area contributed by atoms with Gasteiger partial charge in [0.2, 0.25) is 0 Å². The van der Waals surface area contributed by atoms with Gasteiger partial charge in [0.25, 0.3) is 0 Å². The average Bonchev–Trinajstić information content (AvgIpc) is 2.48. The van der Waals surface area contributed by atoms with Gasteiger partial charge in [0.15, 0.2) is 11.5 Å². The lowest BCUT2D eigenvalue weighted by Gasteiger charge is -2.02. The first-order valence-electron chi connectivity index (χ1n) is 6.64. The van der Waals surface area contributed by atoms with Gasteiger partial charge in [-0.1, -0.05) is 6.07 Å². The molecule has 0 aliphatic heterocycles. The van der Waals surface area contributed by atoms with E-state index in [1.54, 1.807) is 24.3 Å². The Labute approximate surface area is 125 Å². The van der Waals surface area contributed by atoms with Crippen LogP contribution >= 0.6 is 0 Å². The van der Waals surface area contributed by atoms with Crippen molar-refractivity contribution < 1.29 is 14.6 Å². The van der Waals surface area contributed by atoms with E-state index in [0.717, 1.165) is 10.9 Å². The van der Waals surface area contributed by atoms with Gasteiger partial charge in [0.1, 0.15) is 5.58 Å². The molecule has 0 aliphatic carbocycles. The molecule has 0 fully saturated rings. The molecule has 5 nitrogen and oxygen atoms in total. The standard InChI is InChI=1S/C17H13NO4/c1-10-7-16(20)22-15-8-12(5-6-13(10)15)18-9-11-3-2-4-14(19)17(11)21/h2-9,19,21H,1H3. The maximum atomic E-state index is 11.4. The Morgan fingerprint density at radius 1 is 1.14 bits per heavy atom. The lowest BCUT2D eigenvalue weighted by Crippen LogP contribution is -1.97. The van der Waals surface area contributed by atoms with Gasteiger partial charge in [-0.15, -0.1) is 0 Å².